The third-order valence-electron chi connectivity index (χ3n) is 6.52. The van der Waals surface area contributed by atoms with Crippen LogP contribution in [0, 0.1) is 11.6 Å². The Morgan fingerprint density at radius 1 is 0.969 bits per heavy atom. The second kappa shape index (κ2) is 8.83. The molecule has 1 aliphatic rings. The molecule has 1 fully saturated rings. The normalized spacial score (nSPS) is 16.8. The Morgan fingerprint density at radius 2 is 1.75 bits per heavy atom. The third-order valence-corrected chi connectivity index (χ3v) is 6.52. The number of nitrogens with zero attached hydrogens (tertiary/aromatic N) is 3. The molecule has 2 aromatic heterocycles. The Labute approximate surface area is 187 Å². The largest absolute Gasteiger partial charge is 0.347 e. The molecular formula is C27H27F2N3. The van der Waals surface area contributed by atoms with E-state index in [1.165, 1.54) is 17.7 Å². The van der Waals surface area contributed by atoms with Crippen molar-refractivity contribution in [1.82, 2.24) is 14.5 Å². The van der Waals surface area contributed by atoms with Crippen molar-refractivity contribution >= 4 is 10.9 Å². The molecule has 5 heteroatoms. The third kappa shape index (κ3) is 4.17. The summed E-state index contributed by atoms with van der Waals surface area (Å²) in [6, 6.07) is 16.3. The van der Waals surface area contributed by atoms with Crippen LogP contribution in [0.3, 0.4) is 0 Å². The number of pyridine rings is 1. The van der Waals surface area contributed by atoms with Crippen molar-refractivity contribution in [3.8, 4) is 0 Å². The summed E-state index contributed by atoms with van der Waals surface area (Å²) in [6.45, 7) is 4.77. The first-order valence-corrected chi connectivity index (χ1v) is 11.3. The number of hydrogen-bond acceptors (Lipinski definition) is 2. The maximum Gasteiger partial charge on any atom is 0.125 e. The highest BCUT2D eigenvalue weighted by Crippen LogP contribution is 2.34. The standard InChI is InChI=1S/C27H27F2N3/c1-2-31-17-21(24-11-10-23(29)15-27(24)31)18-32-13-3-4-26(32)25-12-7-20(16-30-25)14-19-5-8-22(28)9-6-19/h5-12,15-17,26H,2-4,13-14,18H2,1H3. The van der Waals surface area contributed by atoms with E-state index < -0.39 is 0 Å². The lowest BCUT2D eigenvalue weighted by molar-refractivity contribution is 0.245. The van der Waals surface area contributed by atoms with Crippen molar-refractivity contribution in [2.45, 2.75) is 45.3 Å². The van der Waals surface area contributed by atoms with Gasteiger partial charge in [-0.3, -0.25) is 9.88 Å². The van der Waals surface area contributed by atoms with Crippen LogP contribution in [0.2, 0.25) is 0 Å². The SMILES string of the molecule is CCn1cc(CN2CCCC2c2ccc(Cc3ccc(F)cc3)cn2)c2ccc(F)cc21. The van der Waals surface area contributed by atoms with Crippen LogP contribution in [-0.4, -0.2) is 21.0 Å². The fourth-order valence-electron chi connectivity index (χ4n) is 4.87. The van der Waals surface area contributed by atoms with Gasteiger partial charge in [0.2, 0.25) is 0 Å². The monoisotopic (exact) mass is 431 g/mol. The Kier molecular flexibility index (Phi) is 5.75. The van der Waals surface area contributed by atoms with Crippen molar-refractivity contribution in [2.75, 3.05) is 6.54 Å². The van der Waals surface area contributed by atoms with E-state index in [0.717, 1.165) is 66.6 Å². The van der Waals surface area contributed by atoms with Gasteiger partial charge in [0, 0.05) is 30.9 Å². The molecular weight excluding hydrogens is 404 g/mol. The van der Waals surface area contributed by atoms with Crippen LogP contribution >= 0.6 is 0 Å². The summed E-state index contributed by atoms with van der Waals surface area (Å²) >= 11 is 0. The van der Waals surface area contributed by atoms with Gasteiger partial charge >= 0.3 is 0 Å². The number of benzene rings is 2. The summed E-state index contributed by atoms with van der Waals surface area (Å²) in [4.78, 5) is 7.28. The van der Waals surface area contributed by atoms with Gasteiger partial charge in [0.1, 0.15) is 11.6 Å². The van der Waals surface area contributed by atoms with Gasteiger partial charge in [-0.1, -0.05) is 18.2 Å². The molecule has 1 atom stereocenters. The molecule has 0 amide bonds. The number of likely N-dealkylation sites (tertiary alicyclic amines) is 1. The molecule has 32 heavy (non-hydrogen) atoms. The Balaban J connectivity index is 1.34. The second-order valence-electron chi connectivity index (χ2n) is 8.62. The first kappa shape index (κ1) is 20.8. The van der Waals surface area contributed by atoms with Crippen LogP contribution in [0.15, 0.2) is 67.0 Å². The van der Waals surface area contributed by atoms with Crippen molar-refractivity contribution in [3.63, 3.8) is 0 Å². The minimum atomic E-state index is -0.212. The molecule has 0 saturated carbocycles. The van der Waals surface area contributed by atoms with Gasteiger partial charge in [-0.05, 0) is 85.8 Å². The van der Waals surface area contributed by atoms with Crippen molar-refractivity contribution in [2.24, 2.45) is 0 Å². The van der Waals surface area contributed by atoms with Crippen molar-refractivity contribution in [3.05, 3.63) is 101 Å². The van der Waals surface area contributed by atoms with Crippen LogP contribution < -0.4 is 0 Å². The van der Waals surface area contributed by atoms with E-state index in [9.17, 15) is 8.78 Å². The lowest BCUT2D eigenvalue weighted by Gasteiger charge is -2.24. The van der Waals surface area contributed by atoms with E-state index in [-0.39, 0.29) is 17.7 Å². The molecule has 1 aliphatic heterocycles. The predicted octanol–water partition coefficient (Wildman–Crippen LogP) is 6.26. The predicted molar refractivity (Wildman–Crippen MR) is 123 cm³/mol. The molecule has 1 saturated heterocycles. The Hall–Kier alpha value is -3.05. The van der Waals surface area contributed by atoms with Gasteiger partial charge in [-0.15, -0.1) is 0 Å². The quantitative estimate of drug-likeness (QED) is 0.359. The van der Waals surface area contributed by atoms with Gasteiger partial charge in [0.15, 0.2) is 0 Å². The van der Waals surface area contributed by atoms with Gasteiger partial charge in [0.25, 0.3) is 0 Å². The number of halogens is 2. The van der Waals surface area contributed by atoms with E-state index in [2.05, 4.69) is 34.7 Å². The maximum absolute atomic E-state index is 13.8. The minimum absolute atomic E-state index is 0.194. The molecule has 0 bridgehead atoms. The number of aromatic nitrogens is 2. The van der Waals surface area contributed by atoms with E-state index in [4.69, 9.17) is 4.98 Å². The highest BCUT2D eigenvalue weighted by molar-refractivity contribution is 5.84. The molecule has 0 radical (unpaired) electrons. The molecule has 3 heterocycles. The number of rotatable bonds is 6. The molecule has 0 aliphatic carbocycles. The smallest absolute Gasteiger partial charge is 0.125 e. The zero-order valence-corrected chi connectivity index (χ0v) is 18.3. The zero-order chi connectivity index (χ0) is 22.1. The summed E-state index contributed by atoms with van der Waals surface area (Å²) in [5, 5.41) is 1.13. The first-order chi connectivity index (χ1) is 15.6. The summed E-state index contributed by atoms with van der Waals surface area (Å²) in [6.07, 6.45) is 7.09. The number of hydrogen-bond donors (Lipinski definition) is 0. The fourth-order valence-corrected chi connectivity index (χ4v) is 4.87. The van der Waals surface area contributed by atoms with Crippen LogP contribution in [0.5, 0.6) is 0 Å². The van der Waals surface area contributed by atoms with Gasteiger partial charge < -0.3 is 4.57 Å². The van der Waals surface area contributed by atoms with Crippen LogP contribution in [0.4, 0.5) is 8.78 Å². The molecule has 4 aromatic rings. The Morgan fingerprint density at radius 3 is 2.50 bits per heavy atom. The van der Waals surface area contributed by atoms with Gasteiger partial charge in [0.05, 0.1) is 17.3 Å². The topological polar surface area (TPSA) is 21.1 Å². The van der Waals surface area contributed by atoms with E-state index in [1.54, 1.807) is 12.1 Å². The number of fused-ring (bicyclic) bond motifs is 1. The lowest BCUT2D eigenvalue weighted by atomic mass is 10.0. The second-order valence-corrected chi connectivity index (χ2v) is 8.62. The van der Waals surface area contributed by atoms with E-state index in [0.29, 0.717) is 0 Å². The fraction of sp³-hybridized carbons (Fsp3) is 0.296. The molecule has 164 valence electrons. The molecule has 5 rings (SSSR count). The van der Waals surface area contributed by atoms with Gasteiger partial charge in [-0.25, -0.2) is 8.78 Å². The molecule has 3 nitrogen and oxygen atoms in total. The molecule has 2 aromatic carbocycles. The summed E-state index contributed by atoms with van der Waals surface area (Å²) < 4.78 is 29.1. The minimum Gasteiger partial charge on any atom is -0.347 e. The van der Waals surface area contributed by atoms with Gasteiger partial charge in [-0.2, -0.15) is 0 Å². The summed E-state index contributed by atoms with van der Waals surface area (Å²) in [5.41, 5.74) is 5.49. The average molecular weight is 432 g/mol. The molecule has 1 unspecified atom stereocenters. The van der Waals surface area contributed by atoms with Crippen LogP contribution in [-0.2, 0) is 19.5 Å². The van der Waals surface area contributed by atoms with E-state index >= 15 is 0 Å². The van der Waals surface area contributed by atoms with E-state index in [1.807, 2.05) is 24.4 Å². The molecule has 0 spiro atoms. The highest BCUT2D eigenvalue weighted by Gasteiger charge is 2.28. The maximum atomic E-state index is 13.8. The summed E-state index contributed by atoms with van der Waals surface area (Å²) in [5.74, 6) is -0.406. The summed E-state index contributed by atoms with van der Waals surface area (Å²) in [7, 11) is 0. The molecule has 0 N–H and O–H groups in total. The Bertz CT molecular complexity index is 1210. The van der Waals surface area contributed by atoms with Crippen molar-refractivity contribution in [1.29, 1.82) is 0 Å². The first-order valence-electron chi connectivity index (χ1n) is 11.3. The van der Waals surface area contributed by atoms with Crippen LogP contribution in [0.1, 0.15) is 48.2 Å². The van der Waals surface area contributed by atoms with Crippen LogP contribution in [0.25, 0.3) is 10.9 Å². The van der Waals surface area contributed by atoms with Crippen molar-refractivity contribution < 1.29 is 8.78 Å². The zero-order valence-electron chi connectivity index (χ0n) is 18.3. The number of aryl methyl sites for hydroxylation is 1. The lowest BCUT2D eigenvalue weighted by Crippen LogP contribution is -2.23. The average Bonchev–Trinajstić information content (AvgIpc) is 3.40. The highest BCUT2D eigenvalue weighted by atomic mass is 19.1.